The molecule has 1 aromatic heterocycles. The zero-order valence-corrected chi connectivity index (χ0v) is 19.0. The van der Waals surface area contributed by atoms with Gasteiger partial charge in [0.05, 0.1) is 18.4 Å². The third-order valence-corrected chi connectivity index (χ3v) is 6.41. The van der Waals surface area contributed by atoms with Gasteiger partial charge in [0.15, 0.2) is 5.13 Å². The molecule has 0 radical (unpaired) electrons. The molecular weight excluding hydrogens is 445 g/mol. The van der Waals surface area contributed by atoms with E-state index in [0.29, 0.717) is 12.0 Å². The van der Waals surface area contributed by atoms with Gasteiger partial charge in [0.2, 0.25) is 0 Å². The molecule has 1 atom stereocenters. The lowest BCUT2D eigenvalue weighted by molar-refractivity contribution is -0.137. The summed E-state index contributed by atoms with van der Waals surface area (Å²) in [5.74, 6) is 0.825. The molecule has 4 rings (SSSR count). The van der Waals surface area contributed by atoms with Crippen LogP contribution in [0.2, 0.25) is 0 Å². The zero-order chi connectivity index (χ0) is 23.4. The third kappa shape index (κ3) is 5.37. The lowest BCUT2D eigenvalue weighted by atomic mass is 9.89. The number of benzene rings is 3. The van der Waals surface area contributed by atoms with Gasteiger partial charge < -0.3 is 10.1 Å². The third-order valence-electron chi connectivity index (χ3n) is 5.53. The van der Waals surface area contributed by atoms with E-state index in [1.54, 1.807) is 24.5 Å². The van der Waals surface area contributed by atoms with Crippen LogP contribution in [0.5, 0.6) is 5.75 Å². The molecule has 0 saturated heterocycles. The Labute approximate surface area is 194 Å². The average molecular weight is 469 g/mol. The SMILES string of the molecule is CNc1nc([C@@H](Cc2ccc(-c3cccc(C(F)(F)F)c3)cc2)c2ccc(OC)cc2)cs1. The van der Waals surface area contributed by atoms with Crippen molar-refractivity contribution in [2.24, 2.45) is 0 Å². The minimum absolute atomic E-state index is 0.0358. The molecule has 7 heteroatoms. The highest BCUT2D eigenvalue weighted by atomic mass is 32.1. The number of nitrogens with zero attached hydrogens (tertiary/aromatic N) is 1. The second kappa shape index (κ2) is 9.67. The molecule has 33 heavy (non-hydrogen) atoms. The van der Waals surface area contributed by atoms with Crippen LogP contribution < -0.4 is 10.1 Å². The molecule has 0 unspecified atom stereocenters. The first-order valence-electron chi connectivity index (χ1n) is 10.4. The molecule has 170 valence electrons. The maximum atomic E-state index is 13.1. The van der Waals surface area contributed by atoms with Crippen molar-refractivity contribution in [2.75, 3.05) is 19.5 Å². The van der Waals surface area contributed by atoms with Crippen LogP contribution in [-0.2, 0) is 12.6 Å². The largest absolute Gasteiger partial charge is 0.497 e. The van der Waals surface area contributed by atoms with E-state index in [0.717, 1.165) is 39.3 Å². The van der Waals surface area contributed by atoms with Gasteiger partial charge in [-0.15, -0.1) is 11.3 Å². The first-order valence-corrected chi connectivity index (χ1v) is 11.3. The number of alkyl halides is 3. The molecule has 1 heterocycles. The number of aromatic nitrogens is 1. The first kappa shape index (κ1) is 22.9. The highest BCUT2D eigenvalue weighted by molar-refractivity contribution is 7.13. The predicted octanol–water partition coefficient (Wildman–Crippen LogP) is 7.25. The number of rotatable bonds is 7. The Morgan fingerprint density at radius 2 is 1.70 bits per heavy atom. The summed E-state index contributed by atoms with van der Waals surface area (Å²) in [4.78, 5) is 4.71. The van der Waals surface area contributed by atoms with Gasteiger partial charge in [-0.25, -0.2) is 4.98 Å². The summed E-state index contributed by atoms with van der Waals surface area (Å²) in [5, 5.41) is 5.99. The number of ether oxygens (including phenoxy) is 1. The number of hydrogen-bond donors (Lipinski definition) is 1. The summed E-state index contributed by atoms with van der Waals surface area (Å²) in [5.41, 5.74) is 3.80. The minimum atomic E-state index is -4.36. The molecule has 0 amide bonds. The van der Waals surface area contributed by atoms with Crippen LogP contribution >= 0.6 is 11.3 Å². The molecule has 1 N–H and O–H groups in total. The molecule has 0 bridgehead atoms. The van der Waals surface area contributed by atoms with Gasteiger partial charge in [0, 0.05) is 18.3 Å². The Morgan fingerprint density at radius 3 is 2.30 bits per heavy atom. The monoisotopic (exact) mass is 468 g/mol. The Bertz CT molecular complexity index is 1200. The van der Waals surface area contributed by atoms with E-state index in [2.05, 4.69) is 10.7 Å². The predicted molar refractivity (Wildman–Crippen MR) is 127 cm³/mol. The van der Waals surface area contributed by atoms with Gasteiger partial charge in [0.1, 0.15) is 5.75 Å². The molecular formula is C26H23F3N2OS. The number of anilines is 1. The fourth-order valence-corrected chi connectivity index (χ4v) is 4.46. The van der Waals surface area contributed by atoms with Gasteiger partial charge in [-0.2, -0.15) is 13.2 Å². The van der Waals surface area contributed by atoms with Gasteiger partial charge in [0.25, 0.3) is 0 Å². The summed E-state index contributed by atoms with van der Waals surface area (Å²) in [7, 11) is 3.48. The molecule has 3 aromatic carbocycles. The van der Waals surface area contributed by atoms with Gasteiger partial charge >= 0.3 is 6.18 Å². The van der Waals surface area contributed by atoms with Crippen LogP contribution in [0.15, 0.2) is 78.2 Å². The number of hydrogen-bond acceptors (Lipinski definition) is 4. The maximum absolute atomic E-state index is 13.1. The minimum Gasteiger partial charge on any atom is -0.497 e. The lowest BCUT2D eigenvalue weighted by Gasteiger charge is -2.17. The van der Waals surface area contributed by atoms with E-state index >= 15 is 0 Å². The number of nitrogens with one attached hydrogen (secondary N) is 1. The summed E-state index contributed by atoms with van der Waals surface area (Å²) in [6.45, 7) is 0. The van der Waals surface area contributed by atoms with E-state index in [1.165, 1.54) is 12.1 Å². The molecule has 0 aliphatic rings. The molecule has 0 fully saturated rings. The van der Waals surface area contributed by atoms with Crippen LogP contribution in [0, 0.1) is 0 Å². The van der Waals surface area contributed by atoms with Crippen molar-refractivity contribution < 1.29 is 17.9 Å². The van der Waals surface area contributed by atoms with Gasteiger partial charge in [-0.1, -0.05) is 48.5 Å². The Balaban J connectivity index is 1.61. The second-order valence-corrected chi connectivity index (χ2v) is 8.49. The van der Waals surface area contributed by atoms with E-state index in [9.17, 15) is 13.2 Å². The molecule has 0 aliphatic heterocycles. The van der Waals surface area contributed by atoms with Crippen LogP contribution in [0.1, 0.15) is 28.3 Å². The van der Waals surface area contributed by atoms with Crippen LogP contribution in [-0.4, -0.2) is 19.1 Å². The van der Waals surface area contributed by atoms with Crippen molar-refractivity contribution in [2.45, 2.75) is 18.5 Å². The van der Waals surface area contributed by atoms with Crippen molar-refractivity contribution in [3.05, 3.63) is 101 Å². The fourth-order valence-electron chi connectivity index (χ4n) is 3.73. The van der Waals surface area contributed by atoms with Crippen LogP contribution in [0.3, 0.4) is 0 Å². The highest BCUT2D eigenvalue weighted by Gasteiger charge is 2.30. The second-order valence-electron chi connectivity index (χ2n) is 7.63. The number of methoxy groups -OCH3 is 1. The highest BCUT2D eigenvalue weighted by Crippen LogP contribution is 2.34. The summed E-state index contributed by atoms with van der Waals surface area (Å²) in [6, 6.07) is 21.0. The molecule has 0 spiro atoms. The maximum Gasteiger partial charge on any atom is 0.416 e. The number of halogens is 3. The van der Waals surface area contributed by atoms with E-state index in [-0.39, 0.29) is 5.92 Å². The zero-order valence-electron chi connectivity index (χ0n) is 18.2. The standard InChI is InChI=1S/C26H23F3N2OS/c1-30-25-31-24(16-33-25)23(19-10-12-22(32-2)13-11-19)14-17-6-8-18(9-7-17)20-4-3-5-21(15-20)26(27,28)29/h3-13,15-16,23H,14H2,1-2H3,(H,30,31)/t23-/m0/s1. The van der Waals surface area contributed by atoms with Crippen molar-refractivity contribution in [3.8, 4) is 16.9 Å². The van der Waals surface area contributed by atoms with Crippen LogP contribution in [0.4, 0.5) is 18.3 Å². The molecule has 4 aromatic rings. The summed E-state index contributed by atoms with van der Waals surface area (Å²) >= 11 is 1.55. The summed E-state index contributed by atoms with van der Waals surface area (Å²) < 4.78 is 44.5. The number of thiazole rings is 1. The van der Waals surface area contributed by atoms with E-state index in [1.807, 2.05) is 55.6 Å². The molecule has 0 saturated carbocycles. The average Bonchev–Trinajstić information content (AvgIpc) is 3.32. The smallest absolute Gasteiger partial charge is 0.416 e. The van der Waals surface area contributed by atoms with E-state index < -0.39 is 11.7 Å². The van der Waals surface area contributed by atoms with Crippen molar-refractivity contribution in [1.29, 1.82) is 0 Å². The Hall–Kier alpha value is -3.32. The first-order chi connectivity index (χ1) is 15.9. The van der Waals surface area contributed by atoms with Crippen molar-refractivity contribution in [1.82, 2.24) is 4.98 Å². The summed E-state index contributed by atoms with van der Waals surface area (Å²) in [6.07, 6.45) is -3.65. The van der Waals surface area contributed by atoms with Crippen molar-refractivity contribution >= 4 is 16.5 Å². The topological polar surface area (TPSA) is 34.2 Å². The molecule has 3 nitrogen and oxygen atoms in total. The van der Waals surface area contributed by atoms with Gasteiger partial charge in [-0.3, -0.25) is 0 Å². The lowest BCUT2D eigenvalue weighted by Crippen LogP contribution is -2.06. The van der Waals surface area contributed by atoms with Crippen molar-refractivity contribution in [3.63, 3.8) is 0 Å². The Morgan fingerprint density at radius 1 is 0.970 bits per heavy atom. The van der Waals surface area contributed by atoms with Gasteiger partial charge in [-0.05, 0) is 52.9 Å². The van der Waals surface area contributed by atoms with E-state index in [4.69, 9.17) is 9.72 Å². The fraction of sp³-hybridized carbons (Fsp3) is 0.192. The molecule has 0 aliphatic carbocycles. The quantitative estimate of drug-likeness (QED) is 0.310. The van der Waals surface area contributed by atoms with Crippen LogP contribution in [0.25, 0.3) is 11.1 Å². The normalized spacial score (nSPS) is 12.4. The Kier molecular flexibility index (Phi) is 6.70.